The Hall–Kier alpha value is -1.57. The van der Waals surface area contributed by atoms with Gasteiger partial charge >= 0.3 is 5.97 Å². The lowest BCUT2D eigenvalue weighted by atomic mass is 10.3. The third-order valence-electron chi connectivity index (χ3n) is 1.49. The number of anilines is 1. The summed E-state index contributed by atoms with van der Waals surface area (Å²) in [6.45, 7) is 0. The van der Waals surface area contributed by atoms with Gasteiger partial charge in [0.1, 0.15) is 5.56 Å². The molecule has 0 saturated carbocycles. The number of methoxy groups -OCH3 is 1. The minimum Gasteiger partial charge on any atom is -0.465 e. The third-order valence-corrected chi connectivity index (χ3v) is 2.41. The highest BCUT2D eigenvalue weighted by Crippen LogP contribution is 2.13. The van der Waals surface area contributed by atoms with Crippen LogP contribution in [-0.2, 0) is 14.8 Å². The molecule has 1 rings (SSSR count). The number of hydrogen-bond acceptors (Lipinski definition) is 6. The second-order valence-electron chi connectivity index (χ2n) is 2.54. The fourth-order valence-electron chi connectivity index (χ4n) is 0.873. The summed E-state index contributed by atoms with van der Waals surface area (Å²) in [4.78, 5) is 11.0. The van der Waals surface area contributed by atoms with Gasteiger partial charge in [0.25, 0.3) is 10.0 Å². The molecule has 0 fully saturated rings. The van der Waals surface area contributed by atoms with E-state index < -0.39 is 16.0 Å². The topological polar surface area (TPSA) is 104 Å². The van der Waals surface area contributed by atoms with Crippen LogP contribution in [0.3, 0.4) is 0 Å². The summed E-state index contributed by atoms with van der Waals surface area (Å²) in [6.07, 6.45) is 1.97. The highest BCUT2D eigenvalue weighted by Gasteiger charge is 2.19. The quantitative estimate of drug-likeness (QED) is 0.643. The first kappa shape index (κ1) is 10.5. The van der Waals surface area contributed by atoms with Gasteiger partial charge in [0.05, 0.1) is 19.6 Å². The first-order valence-corrected chi connectivity index (χ1v) is 5.35. The molecule has 14 heavy (non-hydrogen) atoms. The summed E-state index contributed by atoms with van der Waals surface area (Å²) in [7, 11) is -2.42. The second kappa shape index (κ2) is 3.29. The summed E-state index contributed by atoms with van der Waals surface area (Å²) in [5.41, 5.74) is 5.32. The number of nitrogen functional groups attached to an aromatic ring is 1. The van der Waals surface area contributed by atoms with Crippen molar-refractivity contribution in [2.24, 2.45) is 0 Å². The molecular weight excluding hydrogens is 210 g/mol. The van der Waals surface area contributed by atoms with Crippen LogP contribution in [0.25, 0.3) is 0 Å². The van der Waals surface area contributed by atoms with E-state index in [1.165, 1.54) is 7.11 Å². The lowest BCUT2D eigenvalue weighted by molar-refractivity contribution is 0.0602. The van der Waals surface area contributed by atoms with Crippen molar-refractivity contribution in [3.63, 3.8) is 0 Å². The minimum atomic E-state index is -3.58. The van der Waals surface area contributed by atoms with Gasteiger partial charge < -0.3 is 10.5 Å². The number of rotatable bonds is 2. The number of ether oxygens (including phenoxy) is 1. The van der Waals surface area contributed by atoms with E-state index in [0.717, 1.165) is 12.5 Å². The molecule has 0 saturated heterocycles. The van der Waals surface area contributed by atoms with Crippen molar-refractivity contribution in [2.75, 3.05) is 19.1 Å². The van der Waals surface area contributed by atoms with Gasteiger partial charge in [-0.25, -0.2) is 13.2 Å². The SMILES string of the molecule is COC(=O)c1cnn(S(C)(=O)=O)c1N. The molecule has 78 valence electrons. The second-order valence-corrected chi connectivity index (χ2v) is 4.35. The Labute approximate surface area is 80.5 Å². The van der Waals surface area contributed by atoms with Crippen LogP contribution in [-0.4, -0.2) is 36.9 Å². The van der Waals surface area contributed by atoms with Crippen LogP contribution in [0.4, 0.5) is 5.82 Å². The molecular formula is C6H9N3O4S. The molecule has 1 aromatic rings. The van der Waals surface area contributed by atoms with Crippen LogP contribution < -0.4 is 5.73 Å². The molecule has 0 amide bonds. The fraction of sp³-hybridized carbons (Fsp3) is 0.333. The average Bonchev–Trinajstić information content (AvgIpc) is 2.45. The van der Waals surface area contributed by atoms with Crippen LogP contribution >= 0.6 is 0 Å². The predicted octanol–water partition coefficient (Wildman–Crippen LogP) is -0.940. The van der Waals surface area contributed by atoms with Crippen LogP contribution in [0.2, 0.25) is 0 Å². The molecule has 0 spiro atoms. The monoisotopic (exact) mass is 219 g/mol. The van der Waals surface area contributed by atoms with Crippen molar-refractivity contribution in [2.45, 2.75) is 0 Å². The summed E-state index contributed by atoms with van der Waals surface area (Å²) >= 11 is 0. The van der Waals surface area contributed by atoms with Crippen LogP contribution in [0.15, 0.2) is 6.20 Å². The maximum absolute atomic E-state index is 11.0. The van der Waals surface area contributed by atoms with Crippen molar-refractivity contribution in [1.29, 1.82) is 0 Å². The highest BCUT2D eigenvalue weighted by molar-refractivity contribution is 7.89. The van der Waals surface area contributed by atoms with E-state index in [0.29, 0.717) is 4.09 Å². The number of carbonyl (C=O) groups excluding carboxylic acids is 1. The molecule has 0 aliphatic heterocycles. The summed E-state index contributed by atoms with van der Waals surface area (Å²) < 4.78 is 27.0. The molecule has 2 N–H and O–H groups in total. The fourth-order valence-corrected chi connectivity index (χ4v) is 1.55. The minimum absolute atomic E-state index is 0.0714. The maximum atomic E-state index is 11.0. The normalized spacial score (nSPS) is 11.3. The maximum Gasteiger partial charge on any atom is 0.343 e. The zero-order valence-corrected chi connectivity index (χ0v) is 8.41. The van der Waals surface area contributed by atoms with Crippen molar-refractivity contribution < 1.29 is 17.9 Å². The number of esters is 1. The molecule has 7 nitrogen and oxygen atoms in total. The summed E-state index contributed by atoms with van der Waals surface area (Å²) in [6, 6.07) is 0. The average molecular weight is 219 g/mol. The van der Waals surface area contributed by atoms with Crippen LogP contribution in [0, 0.1) is 0 Å². The van der Waals surface area contributed by atoms with Gasteiger partial charge in [-0.1, -0.05) is 0 Å². The highest BCUT2D eigenvalue weighted by atomic mass is 32.2. The summed E-state index contributed by atoms with van der Waals surface area (Å²) in [5.74, 6) is -0.975. The number of hydrogen-bond donors (Lipinski definition) is 1. The number of nitrogens with zero attached hydrogens (tertiary/aromatic N) is 2. The number of nitrogens with two attached hydrogens (primary N) is 1. The number of aromatic nitrogens is 2. The van der Waals surface area contributed by atoms with Gasteiger partial charge in [-0.15, -0.1) is 4.09 Å². The molecule has 0 bridgehead atoms. The first-order valence-electron chi connectivity index (χ1n) is 3.50. The molecule has 1 aromatic heterocycles. The van der Waals surface area contributed by atoms with Crippen molar-refractivity contribution >= 4 is 21.8 Å². The Bertz CT molecular complexity index is 461. The van der Waals surface area contributed by atoms with Gasteiger partial charge in [-0.2, -0.15) is 5.10 Å². The zero-order chi connectivity index (χ0) is 10.9. The van der Waals surface area contributed by atoms with Gasteiger partial charge in [0.15, 0.2) is 5.82 Å². The Morgan fingerprint density at radius 2 is 2.21 bits per heavy atom. The van der Waals surface area contributed by atoms with Crippen molar-refractivity contribution in [3.05, 3.63) is 11.8 Å². The molecule has 0 radical (unpaired) electrons. The van der Waals surface area contributed by atoms with Crippen LogP contribution in [0.1, 0.15) is 10.4 Å². The van der Waals surface area contributed by atoms with Crippen LogP contribution in [0.5, 0.6) is 0 Å². The van der Waals surface area contributed by atoms with Crippen molar-refractivity contribution in [3.8, 4) is 0 Å². The molecule has 0 unspecified atom stereocenters. The van der Waals surface area contributed by atoms with Gasteiger partial charge in [-0.3, -0.25) is 0 Å². The Balaban J connectivity index is 3.29. The van der Waals surface area contributed by atoms with E-state index in [-0.39, 0.29) is 11.4 Å². The molecule has 0 aliphatic rings. The number of carbonyl (C=O) groups is 1. The van der Waals surface area contributed by atoms with Gasteiger partial charge in [0.2, 0.25) is 0 Å². The van der Waals surface area contributed by atoms with E-state index in [1.807, 2.05) is 0 Å². The lowest BCUT2D eigenvalue weighted by Crippen LogP contribution is -2.15. The molecule has 0 aromatic carbocycles. The largest absolute Gasteiger partial charge is 0.465 e. The van der Waals surface area contributed by atoms with E-state index in [1.54, 1.807) is 0 Å². The van der Waals surface area contributed by atoms with E-state index in [4.69, 9.17) is 5.73 Å². The van der Waals surface area contributed by atoms with E-state index in [2.05, 4.69) is 9.84 Å². The smallest absolute Gasteiger partial charge is 0.343 e. The van der Waals surface area contributed by atoms with Gasteiger partial charge in [0, 0.05) is 0 Å². The van der Waals surface area contributed by atoms with Crippen molar-refractivity contribution in [1.82, 2.24) is 9.19 Å². The van der Waals surface area contributed by atoms with E-state index in [9.17, 15) is 13.2 Å². The Morgan fingerprint density at radius 3 is 2.57 bits per heavy atom. The molecule has 8 heteroatoms. The standard InChI is InChI=1S/C6H9N3O4S/c1-13-6(10)4-3-8-9(5(4)7)14(2,11)12/h3H,7H2,1-2H3. The predicted molar refractivity (Wildman–Crippen MR) is 48.2 cm³/mol. The molecule has 0 atom stereocenters. The Morgan fingerprint density at radius 1 is 1.64 bits per heavy atom. The zero-order valence-electron chi connectivity index (χ0n) is 7.59. The summed E-state index contributed by atoms with van der Waals surface area (Å²) in [5, 5.41) is 3.46. The third kappa shape index (κ3) is 1.69. The van der Waals surface area contributed by atoms with Gasteiger partial charge in [-0.05, 0) is 0 Å². The molecule has 1 heterocycles. The molecule has 0 aliphatic carbocycles. The first-order chi connectivity index (χ1) is 6.38. The Kier molecular flexibility index (Phi) is 2.47. The lowest BCUT2D eigenvalue weighted by Gasteiger charge is -2.00. The van der Waals surface area contributed by atoms with E-state index >= 15 is 0 Å².